The van der Waals surface area contributed by atoms with Gasteiger partial charge in [0.1, 0.15) is 0 Å². The highest BCUT2D eigenvalue weighted by atomic mass is 16.2. The molecule has 1 saturated carbocycles. The Bertz CT molecular complexity index is 618. The summed E-state index contributed by atoms with van der Waals surface area (Å²) < 4.78 is 0. The zero-order chi connectivity index (χ0) is 15.4. The number of rotatable bonds is 5. The molecule has 3 rings (SSSR count). The van der Waals surface area contributed by atoms with Crippen LogP contribution in [0, 0.1) is 12.8 Å². The second-order valence-electron chi connectivity index (χ2n) is 6.05. The topological polar surface area (TPSA) is 41.1 Å². The lowest BCUT2D eigenvalue weighted by Gasteiger charge is -2.20. The zero-order valence-corrected chi connectivity index (χ0v) is 12.9. The molecule has 0 bridgehead atoms. The lowest BCUT2D eigenvalue weighted by molar-refractivity contribution is 0.238. The SMILES string of the molecule is Cc1ccc(C(NC(=O)NCC2CC2)c2ccccc2)cc1. The molecule has 0 aliphatic heterocycles. The minimum absolute atomic E-state index is 0.0960. The van der Waals surface area contributed by atoms with Crippen molar-refractivity contribution in [2.24, 2.45) is 5.92 Å². The number of amides is 2. The fourth-order valence-corrected chi connectivity index (χ4v) is 2.50. The van der Waals surface area contributed by atoms with E-state index < -0.39 is 0 Å². The molecule has 1 aliphatic rings. The lowest BCUT2D eigenvalue weighted by Crippen LogP contribution is -2.39. The Hall–Kier alpha value is -2.29. The molecule has 1 atom stereocenters. The first kappa shape index (κ1) is 14.6. The molecule has 3 heteroatoms. The third-order valence-electron chi connectivity index (χ3n) is 4.07. The van der Waals surface area contributed by atoms with Crippen molar-refractivity contribution in [2.45, 2.75) is 25.8 Å². The Labute approximate surface area is 131 Å². The molecule has 114 valence electrons. The molecule has 2 amide bonds. The van der Waals surface area contributed by atoms with Gasteiger partial charge in [-0.15, -0.1) is 0 Å². The molecule has 1 aliphatic carbocycles. The van der Waals surface area contributed by atoms with Gasteiger partial charge in [-0.25, -0.2) is 4.79 Å². The van der Waals surface area contributed by atoms with Gasteiger partial charge in [-0.05, 0) is 36.8 Å². The van der Waals surface area contributed by atoms with Gasteiger partial charge in [0, 0.05) is 6.54 Å². The molecular weight excluding hydrogens is 272 g/mol. The highest BCUT2D eigenvalue weighted by Crippen LogP contribution is 2.27. The van der Waals surface area contributed by atoms with Gasteiger partial charge in [-0.3, -0.25) is 0 Å². The summed E-state index contributed by atoms with van der Waals surface area (Å²) in [6.07, 6.45) is 2.47. The monoisotopic (exact) mass is 294 g/mol. The van der Waals surface area contributed by atoms with E-state index in [4.69, 9.17) is 0 Å². The number of carbonyl (C=O) groups is 1. The van der Waals surface area contributed by atoms with Gasteiger partial charge in [0.2, 0.25) is 0 Å². The number of hydrogen-bond donors (Lipinski definition) is 2. The summed E-state index contributed by atoms with van der Waals surface area (Å²) in [7, 11) is 0. The average molecular weight is 294 g/mol. The number of carbonyl (C=O) groups excluding carboxylic acids is 1. The fourth-order valence-electron chi connectivity index (χ4n) is 2.50. The summed E-state index contributed by atoms with van der Waals surface area (Å²) in [5.74, 6) is 0.681. The van der Waals surface area contributed by atoms with Crippen molar-refractivity contribution in [3.8, 4) is 0 Å². The maximum atomic E-state index is 12.2. The molecule has 0 aromatic heterocycles. The second kappa shape index (κ2) is 6.65. The molecule has 2 N–H and O–H groups in total. The van der Waals surface area contributed by atoms with E-state index in [1.807, 2.05) is 30.3 Å². The van der Waals surface area contributed by atoms with Crippen molar-refractivity contribution in [3.63, 3.8) is 0 Å². The van der Waals surface area contributed by atoms with Gasteiger partial charge in [-0.2, -0.15) is 0 Å². The van der Waals surface area contributed by atoms with Gasteiger partial charge in [0.15, 0.2) is 0 Å². The first-order valence-corrected chi connectivity index (χ1v) is 7.88. The zero-order valence-electron chi connectivity index (χ0n) is 12.9. The van der Waals surface area contributed by atoms with Crippen molar-refractivity contribution >= 4 is 6.03 Å². The van der Waals surface area contributed by atoms with Crippen LogP contribution in [0.3, 0.4) is 0 Å². The first-order valence-electron chi connectivity index (χ1n) is 7.88. The summed E-state index contributed by atoms with van der Waals surface area (Å²) in [5, 5.41) is 6.08. The number of aryl methyl sites for hydroxylation is 1. The average Bonchev–Trinajstić information content (AvgIpc) is 3.37. The summed E-state index contributed by atoms with van der Waals surface area (Å²) in [6, 6.07) is 18.2. The van der Waals surface area contributed by atoms with Crippen LogP contribution in [0.2, 0.25) is 0 Å². The Morgan fingerprint density at radius 1 is 1.05 bits per heavy atom. The van der Waals surface area contributed by atoms with E-state index in [1.54, 1.807) is 0 Å². The van der Waals surface area contributed by atoms with Crippen LogP contribution in [0.25, 0.3) is 0 Å². The molecule has 22 heavy (non-hydrogen) atoms. The quantitative estimate of drug-likeness (QED) is 0.865. The maximum Gasteiger partial charge on any atom is 0.315 e. The van der Waals surface area contributed by atoms with Crippen LogP contribution in [-0.4, -0.2) is 12.6 Å². The highest BCUT2D eigenvalue weighted by molar-refractivity contribution is 5.75. The van der Waals surface area contributed by atoms with Gasteiger partial charge in [0.05, 0.1) is 6.04 Å². The van der Waals surface area contributed by atoms with Crippen LogP contribution in [0.4, 0.5) is 4.79 Å². The predicted molar refractivity (Wildman–Crippen MR) is 88.7 cm³/mol. The molecule has 1 unspecified atom stereocenters. The molecule has 2 aromatic rings. The predicted octanol–water partition coefficient (Wildman–Crippen LogP) is 3.79. The third kappa shape index (κ3) is 3.88. The number of hydrogen-bond acceptors (Lipinski definition) is 1. The molecule has 2 aromatic carbocycles. The van der Waals surface area contributed by atoms with Crippen molar-refractivity contribution in [1.29, 1.82) is 0 Å². The lowest BCUT2D eigenvalue weighted by atomic mass is 9.98. The molecule has 0 heterocycles. The third-order valence-corrected chi connectivity index (χ3v) is 4.07. The smallest absolute Gasteiger partial charge is 0.315 e. The second-order valence-corrected chi connectivity index (χ2v) is 6.05. The van der Waals surface area contributed by atoms with Crippen LogP contribution in [0.1, 0.15) is 35.6 Å². The van der Waals surface area contributed by atoms with Gasteiger partial charge >= 0.3 is 6.03 Å². The van der Waals surface area contributed by atoms with E-state index in [0.717, 1.165) is 17.7 Å². The number of nitrogens with one attached hydrogen (secondary N) is 2. The highest BCUT2D eigenvalue weighted by Gasteiger charge is 2.22. The molecule has 3 nitrogen and oxygen atoms in total. The minimum Gasteiger partial charge on any atom is -0.338 e. The fraction of sp³-hybridized carbons (Fsp3) is 0.316. The van der Waals surface area contributed by atoms with E-state index >= 15 is 0 Å². The molecule has 0 radical (unpaired) electrons. The van der Waals surface area contributed by atoms with Crippen LogP contribution in [0.15, 0.2) is 54.6 Å². The summed E-state index contributed by atoms with van der Waals surface area (Å²) >= 11 is 0. The number of urea groups is 1. The van der Waals surface area contributed by atoms with Crippen LogP contribution >= 0.6 is 0 Å². The van der Waals surface area contributed by atoms with Crippen molar-refractivity contribution in [1.82, 2.24) is 10.6 Å². The van der Waals surface area contributed by atoms with E-state index in [1.165, 1.54) is 18.4 Å². The largest absolute Gasteiger partial charge is 0.338 e. The Balaban J connectivity index is 1.76. The standard InChI is InChI=1S/C19H22N2O/c1-14-7-11-17(12-8-14)18(16-5-3-2-4-6-16)21-19(22)20-13-15-9-10-15/h2-8,11-12,15,18H,9-10,13H2,1H3,(H2,20,21,22). The van der Waals surface area contributed by atoms with Crippen molar-refractivity contribution in [2.75, 3.05) is 6.54 Å². The maximum absolute atomic E-state index is 12.2. The van der Waals surface area contributed by atoms with Crippen LogP contribution in [0.5, 0.6) is 0 Å². The van der Waals surface area contributed by atoms with Crippen LogP contribution in [-0.2, 0) is 0 Å². The summed E-state index contributed by atoms with van der Waals surface area (Å²) in [5.41, 5.74) is 3.40. The molecule has 0 spiro atoms. The Morgan fingerprint density at radius 3 is 2.32 bits per heavy atom. The van der Waals surface area contributed by atoms with Crippen molar-refractivity contribution < 1.29 is 4.79 Å². The normalized spacial score (nSPS) is 15.1. The summed E-state index contributed by atoms with van der Waals surface area (Å²) in [6.45, 7) is 2.85. The van der Waals surface area contributed by atoms with Crippen LogP contribution < -0.4 is 10.6 Å². The Kier molecular flexibility index (Phi) is 4.42. The molecule has 1 fully saturated rings. The van der Waals surface area contributed by atoms with Crippen molar-refractivity contribution in [3.05, 3.63) is 71.3 Å². The van der Waals surface area contributed by atoms with Gasteiger partial charge < -0.3 is 10.6 Å². The van der Waals surface area contributed by atoms with E-state index in [2.05, 4.69) is 41.8 Å². The molecule has 0 saturated heterocycles. The van der Waals surface area contributed by atoms with E-state index in [-0.39, 0.29) is 12.1 Å². The molecular formula is C19H22N2O. The number of benzene rings is 2. The van der Waals surface area contributed by atoms with Gasteiger partial charge in [0.25, 0.3) is 0 Å². The summed E-state index contributed by atoms with van der Waals surface area (Å²) in [4.78, 5) is 12.2. The minimum atomic E-state index is -0.124. The Morgan fingerprint density at radius 2 is 1.68 bits per heavy atom. The van der Waals surface area contributed by atoms with E-state index in [0.29, 0.717) is 5.92 Å². The van der Waals surface area contributed by atoms with Gasteiger partial charge in [-0.1, -0.05) is 60.2 Å². The van der Waals surface area contributed by atoms with E-state index in [9.17, 15) is 4.79 Å². The first-order chi connectivity index (χ1) is 10.7.